The summed E-state index contributed by atoms with van der Waals surface area (Å²) in [5.74, 6) is 0.684. The molecule has 3 aliphatic carbocycles. The van der Waals surface area contributed by atoms with Crippen LogP contribution in [0, 0.1) is 0 Å². The fourth-order valence-electron chi connectivity index (χ4n) is 5.22. The fraction of sp³-hybridized carbons (Fsp3) is 0.609. The highest BCUT2D eigenvalue weighted by atomic mass is 16.2. The predicted octanol–water partition coefficient (Wildman–Crippen LogP) is 5.68. The number of allylic oxidation sites excluding steroid dienone is 1. The lowest BCUT2D eigenvalue weighted by Gasteiger charge is -2.42. The summed E-state index contributed by atoms with van der Waals surface area (Å²) in [4.78, 5) is 15.8. The van der Waals surface area contributed by atoms with Gasteiger partial charge in [-0.05, 0) is 36.8 Å². The van der Waals surface area contributed by atoms with Crippen LogP contribution < -0.4 is 0 Å². The van der Waals surface area contributed by atoms with Gasteiger partial charge in [0.2, 0.25) is 5.91 Å². The molecule has 0 aromatic heterocycles. The minimum Gasteiger partial charge on any atom is -0.337 e. The van der Waals surface area contributed by atoms with Crippen molar-refractivity contribution in [1.29, 1.82) is 0 Å². The van der Waals surface area contributed by atoms with Crippen molar-refractivity contribution in [3.05, 3.63) is 41.5 Å². The summed E-state index contributed by atoms with van der Waals surface area (Å²) in [6.07, 6.45) is 17.9. The lowest BCUT2D eigenvalue weighted by Crippen LogP contribution is -2.49. The van der Waals surface area contributed by atoms with Crippen LogP contribution in [0.2, 0.25) is 0 Å². The molecule has 0 saturated heterocycles. The van der Waals surface area contributed by atoms with Gasteiger partial charge in [-0.3, -0.25) is 4.79 Å². The summed E-state index contributed by atoms with van der Waals surface area (Å²) in [5, 5.41) is 0. The number of fused-ring (bicyclic) bond motifs is 1. The Morgan fingerprint density at radius 3 is 2.12 bits per heavy atom. The number of benzene rings is 1. The van der Waals surface area contributed by atoms with E-state index in [1.54, 1.807) is 0 Å². The third-order valence-corrected chi connectivity index (χ3v) is 6.52. The standard InChI is InChI=1S/C23H31NO/c25-23(17-19-16-15-18-9-7-8-14-22(18)19)24(20-10-3-1-4-11-20)21-12-5-2-6-13-21/h7-9,14-16,19-21H,1-6,10-13,17H2. The minimum atomic E-state index is 0.276. The van der Waals surface area contributed by atoms with Gasteiger partial charge in [-0.15, -0.1) is 0 Å². The quantitative estimate of drug-likeness (QED) is 0.692. The lowest BCUT2D eigenvalue weighted by atomic mass is 9.87. The number of hydrogen-bond acceptors (Lipinski definition) is 1. The fourth-order valence-corrected chi connectivity index (χ4v) is 5.22. The number of amides is 1. The van der Waals surface area contributed by atoms with Crippen molar-refractivity contribution in [2.24, 2.45) is 0 Å². The number of carbonyl (C=O) groups excluding carboxylic acids is 1. The second-order valence-corrected chi connectivity index (χ2v) is 8.18. The molecule has 25 heavy (non-hydrogen) atoms. The highest BCUT2D eigenvalue weighted by Gasteiger charge is 2.33. The molecule has 1 atom stereocenters. The highest BCUT2D eigenvalue weighted by molar-refractivity contribution is 5.79. The molecule has 1 aromatic rings. The Balaban J connectivity index is 1.50. The van der Waals surface area contributed by atoms with Gasteiger partial charge in [-0.1, -0.05) is 74.9 Å². The Kier molecular flexibility index (Phi) is 5.24. The Bertz CT molecular complexity index is 605. The minimum absolute atomic E-state index is 0.276. The first-order valence-electron chi connectivity index (χ1n) is 10.4. The second-order valence-electron chi connectivity index (χ2n) is 8.18. The second kappa shape index (κ2) is 7.76. The zero-order valence-electron chi connectivity index (χ0n) is 15.3. The summed E-state index contributed by atoms with van der Waals surface area (Å²) in [5.41, 5.74) is 2.63. The highest BCUT2D eigenvalue weighted by Crippen LogP contribution is 2.35. The van der Waals surface area contributed by atoms with Crippen molar-refractivity contribution < 1.29 is 4.79 Å². The van der Waals surface area contributed by atoms with Crippen LogP contribution in [0.4, 0.5) is 0 Å². The summed E-state index contributed by atoms with van der Waals surface area (Å²) < 4.78 is 0. The normalized spacial score (nSPS) is 24.2. The van der Waals surface area contributed by atoms with Crippen LogP contribution in [0.15, 0.2) is 30.3 Å². The van der Waals surface area contributed by atoms with Crippen molar-refractivity contribution in [3.8, 4) is 0 Å². The van der Waals surface area contributed by atoms with Gasteiger partial charge in [0.25, 0.3) is 0 Å². The van der Waals surface area contributed by atoms with Crippen LogP contribution in [0.1, 0.15) is 87.7 Å². The largest absolute Gasteiger partial charge is 0.337 e. The van der Waals surface area contributed by atoms with E-state index < -0.39 is 0 Å². The van der Waals surface area contributed by atoms with E-state index in [9.17, 15) is 4.79 Å². The Morgan fingerprint density at radius 1 is 0.880 bits per heavy atom. The molecule has 2 saturated carbocycles. The van der Waals surface area contributed by atoms with E-state index in [1.165, 1.54) is 75.3 Å². The van der Waals surface area contributed by atoms with Gasteiger partial charge in [-0.2, -0.15) is 0 Å². The molecule has 0 radical (unpaired) electrons. The van der Waals surface area contributed by atoms with Gasteiger partial charge in [0.15, 0.2) is 0 Å². The van der Waals surface area contributed by atoms with Crippen LogP contribution in [0.3, 0.4) is 0 Å². The third kappa shape index (κ3) is 3.68. The third-order valence-electron chi connectivity index (χ3n) is 6.52. The molecule has 134 valence electrons. The molecule has 1 aromatic carbocycles. The van der Waals surface area contributed by atoms with Gasteiger partial charge < -0.3 is 4.90 Å². The Hall–Kier alpha value is -1.57. The molecule has 2 heteroatoms. The molecule has 2 nitrogen and oxygen atoms in total. The van der Waals surface area contributed by atoms with E-state index in [2.05, 4.69) is 41.3 Å². The maximum atomic E-state index is 13.4. The smallest absolute Gasteiger partial charge is 0.223 e. The van der Waals surface area contributed by atoms with E-state index >= 15 is 0 Å². The molecule has 4 rings (SSSR count). The first-order valence-corrected chi connectivity index (χ1v) is 10.4. The SMILES string of the molecule is O=C(CC1C=Cc2ccccc21)N(C1CCCCC1)C1CCCCC1. The molecular formula is C23H31NO. The first kappa shape index (κ1) is 16.9. The summed E-state index contributed by atoms with van der Waals surface area (Å²) >= 11 is 0. The van der Waals surface area contributed by atoms with Crippen LogP contribution in [-0.2, 0) is 4.79 Å². The van der Waals surface area contributed by atoms with Gasteiger partial charge in [0, 0.05) is 24.4 Å². The number of hydrogen-bond donors (Lipinski definition) is 0. The van der Waals surface area contributed by atoms with Crippen molar-refractivity contribution in [1.82, 2.24) is 4.90 Å². The summed E-state index contributed by atoms with van der Waals surface area (Å²) in [6, 6.07) is 9.55. The number of carbonyl (C=O) groups is 1. The van der Waals surface area contributed by atoms with E-state index in [-0.39, 0.29) is 5.92 Å². The zero-order chi connectivity index (χ0) is 17.1. The Morgan fingerprint density at radius 2 is 1.48 bits per heavy atom. The molecule has 0 spiro atoms. The first-order chi connectivity index (χ1) is 12.3. The van der Waals surface area contributed by atoms with Gasteiger partial charge in [0.1, 0.15) is 0 Å². The van der Waals surface area contributed by atoms with Crippen molar-refractivity contribution in [2.75, 3.05) is 0 Å². The molecule has 0 N–H and O–H groups in total. The zero-order valence-corrected chi connectivity index (χ0v) is 15.3. The average Bonchev–Trinajstić information content (AvgIpc) is 3.07. The number of nitrogens with zero attached hydrogens (tertiary/aromatic N) is 1. The predicted molar refractivity (Wildman–Crippen MR) is 103 cm³/mol. The molecule has 2 fully saturated rings. The Labute approximate surface area is 152 Å². The average molecular weight is 338 g/mol. The van der Waals surface area contributed by atoms with Crippen LogP contribution in [0.5, 0.6) is 0 Å². The van der Waals surface area contributed by atoms with Gasteiger partial charge in [0.05, 0.1) is 0 Å². The molecule has 0 aliphatic heterocycles. The van der Waals surface area contributed by atoms with Gasteiger partial charge >= 0.3 is 0 Å². The van der Waals surface area contributed by atoms with Crippen LogP contribution in [0.25, 0.3) is 6.08 Å². The van der Waals surface area contributed by atoms with Crippen LogP contribution >= 0.6 is 0 Å². The molecule has 1 unspecified atom stereocenters. The maximum absolute atomic E-state index is 13.4. The molecular weight excluding hydrogens is 306 g/mol. The van der Waals surface area contributed by atoms with E-state index in [4.69, 9.17) is 0 Å². The van der Waals surface area contributed by atoms with E-state index in [0.29, 0.717) is 24.4 Å². The molecule has 0 heterocycles. The van der Waals surface area contributed by atoms with Gasteiger partial charge in [-0.25, -0.2) is 0 Å². The van der Waals surface area contributed by atoms with Crippen LogP contribution in [-0.4, -0.2) is 22.9 Å². The lowest BCUT2D eigenvalue weighted by molar-refractivity contribution is -0.138. The summed E-state index contributed by atoms with van der Waals surface area (Å²) in [7, 11) is 0. The number of rotatable bonds is 4. The maximum Gasteiger partial charge on any atom is 0.223 e. The van der Waals surface area contributed by atoms with Crippen molar-refractivity contribution >= 4 is 12.0 Å². The monoisotopic (exact) mass is 337 g/mol. The molecule has 0 bridgehead atoms. The topological polar surface area (TPSA) is 20.3 Å². The van der Waals surface area contributed by atoms with Crippen molar-refractivity contribution in [2.45, 2.75) is 88.6 Å². The van der Waals surface area contributed by atoms with E-state index in [0.717, 1.165) is 0 Å². The van der Waals surface area contributed by atoms with Crippen molar-refractivity contribution in [3.63, 3.8) is 0 Å². The molecule has 3 aliphatic rings. The summed E-state index contributed by atoms with van der Waals surface area (Å²) in [6.45, 7) is 0. The van der Waals surface area contributed by atoms with E-state index in [1.807, 2.05) is 0 Å². The molecule has 1 amide bonds.